The Bertz CT molecular complexity index is 495. The Hall–Kier alpha value is -1.28. The molecule has 1 aromatic carbocycles. The van der Waals surface area contributed by atoms with Crippen LogP contribution in [0.25, 0.3) is 10.9 Å². The highest BCUT2D eigenvalue weighted by atomic mass is 14.9. The maximum absolute atomic E-state index is 3.55. The highest BCUT2D eigenvalue weighted by Crippen LogP contribution is 2.30. The van der Waals surface area contributed by atoms with E-state index in [4.69, 9.17) is 0 Å². The van der Waals surface area contributed by atoms with Crippen LogP contribution >= 0.6 is 0 Å². The minimum absolute atomic E-state index is 0.555. The smallest absolute Gasteiger partial charge is 0.0489 e. The number of nitrogens with one attached hydrogen (secondary N) is 2. The Morgan fingerprint density at radius 1 is 1.31 bits per heavy atom. The summed E-state index contributed by atoms with van der Waals surface area (Å²) in [5, 5.41) is 4.60. The van der Waals surface area contributed by atoms with Crippen LogP contribution in [0.1, 0.15) is 36.6 Å². The summed E-state index contributed by atoms with van der Waals surface area (Å²) in [6.45, 7) is 7.57. The van der Waals surface area contributed by atoms with Gasteiger partial charge in [-0.2, -0.15) is 0 Å². The molecule has 16 heavy (non-hydrogen) atoms. The Balaban J connectivity index is 2.70. The van der Waals surface area contributed by atoms with Crippen molar-refractivity contribution < 1.29 is 0 Å². The van der Waals surface area contributed by atoms with Gasteiger partial charge in [-0.15, -0.1) is 0 Å². The zero-order valence-corrected chi connectivity index (χ0v) is 10.5. The van der Waals surface area contributed by atoms with Crippen molar-refractivity contribution in [2.24, 2.45) is 0 Å². The summed E-state index contributed by atoms with van der Waals surface area (Å²) in [7, 11) is 1.99. The molecule has 0 aliphatic heterocycles. The third kappa shape index (κ3) is 1.74. The standard InChI is InChI=1S/C14H20N2/c1-9(2)13-11-7-5-6-10(3)14(11)16-12(13)8-15-4/h5-7,9,15-16H,8H2,1-4H3. The molecule has 2 heteroatoms. The first-order valence-electron chi connectivity index (χ1n) is 5.89. The van der Waals surface area contributed by atoms with Crippen molar-refractivity contribution >= 4 is 10.9 Å². The summed E-state index contributed by atoms with van der Waals surface area (Å²) in [5.41, 5.74) is 5.38. The summed E-state index contributed by atoms with van der Waals surface area (Å²) < 4.78 is 0. The monoisotopic (exact) mass is 216 g/mol. The molecule has 0 amide bonds. The van der Waals surface area contributed by atoms with E-state index in [2.05, 4.69) is 49.3 Å². The third-order valence-corrected chi connectivity index (χ3v) is 3.09. The first kappa shape index (κ1) is 11.2. The highest BCUT2D eigenvalue weighted by molar-refractivity contribution is 5.87. The lowest BCUT2D eigenvalue weighted by Crippen LogP contribution is -2.08. The van der Waals surface area contributed by atoms with Crippen LogP contribution in [0.2, 0.25) is 0 Å². The molecule has 1 heterocycles. The van der Waals surface area contributed by atoms with Crippen molar-refractivity contribution in [3.63, 3.8) is 0 Å². The van der Waals surface area contributed by atoms with Crippen LogP contribution in [0.15, 0.2) is 18.2 Å². The van der Waals surface area contributed by atoms with Gasteiger partial charge in [0.1, 0.15) is 0 Å². The molecule has 0 bridgehead atoms. The van der Waals surface area contributed by atoms with Gasteiger partial charge >= 0.3 is 0 Å². The number of hydrogen-bond donors (Lipinski definition) is 2. The molecular weight excluding hydrogens is 196 g/mol. The van der Waals surface area contributed by atoms with Crippen molar-refractivity contribution in [2.45, 2.75) is 33.2 Å². The second kappa shape index (κ2) is 4.30. The fraction of sp³-hybridized carbons (Fsp3) is 0.429. The SMILES string of the molecule is CNCc1[nH]c2c(C)cccc2c1C(C)C. The van der Waals surface area contributed by atoms with Gasteiger partial charge < -0.3 is 10.3 Å². The van der Waals surface area contributed by atoms with E-state index in [1.54, 1.807) is 0 Å². The number of para-hydroxylation sites is 1. The zero-order chi connectivity index (χ0) is 11.7. The van der Waals surface area contributed by atoms with Crippen LogP contribution in [0.4, 0.5) is 0 Å². The molecule has 2 rings (SSSR count). The molecule has 0 fully saturated rings. The molecular formula is C14H20N2. The van der Waals surface area contributed by atoms with Gasteiger partial charge in [0, 0.05) is 23.1 Å². The van der Waals surface area contributed by atoms with Gasteiger partial charge in [-0.05, 0) is 31.0 Å². The van der Waals surface area contributed by atoms with Gasteiger partial charge in [0.05, 0.1) is 0 Å². The third-order valence-electron chi connectivity index (χ3n) is 3.09. The van der Waals surface area contributed by atoms with Gasteiger partial charge in [-0.3, -0.25) is 0 Å². The number of rotatable bonds is 3. The Morgan fingerprint density at radius 2 is 2.06 bits per heavy atom. The van der Waals surface area contributed by atoms with E-state index in [0.717, 1.165) is 6.54 Å². The van der Waals surface area contributed by atoms with E-state index >= 15 is 0 Å². The molecule has 0 saturated heterocycles. The average Bonchev–Trinajstić information content (AvgIpc) is 2.58. The fourth-order valence-corrected chi connectivity index (χ4v) is 2.41. The molecule has 0 aliphatic rings. The van der Waals surface area contributed by atoms with Crippen LogP contribution in [-0.2, 0) is 6.54 Å². The molecule has 0 aliphatic carbocycles. The summed E-state index contributed by atoms with van der Waals surface area (Å²) in [6.07, 6.45) is 0. The van der Waals surface area contributed by atoms with E-state index in [0.29, 0.717) is 5.92 Å². The molecule has 0 radical (unpaired) electrons. The van der Waals surface area contributed by atoms with E-state index < -0.39 is 0 Å². The molecule has 0 saturated carbocycles. The lowest BCUT2D eigenvalue weighted by Gasteiger charge is -2.07. The number of hydrogen-bond acceptors (Lipinski definition) is 1. The quantitative estimate of drug-likeness (QED) is 0.809. The topological polar surface area (TPSA) is 27.8 Å². The van der Waals surface area contributed by atoms with Crippen molar-refractivity contribution in [1.82, 2.24) is 10.3 Å². The van der Waals surface area contributed by atoms with Crippen molar-refractivity contribution in [1.29, 1.82) is 0 Å². The summed E-state index contributed by atoms with van der Waals surface area (Å²) in [5.74, 6) is 0.555. The van der Waals surface area contributed by atoms with Gasteiger partial charge in [0.2, 0.25) is 0 Å². The summed E-state index contributed by atoms with van der Waals surface area (Å²) >= 11 is 0. The Kier molecular flexibility index (Phi) is 3.01. The van der Waals surface area contributed by atoms with E-state index in [1.807, 2.05) is 7.05 Å². The van der Waals surface area contributed by atoms with Crippen LogP contribution in [0, 0.1) is 6.92 Å². The maximum Gasteiger partial charge on any atom is 0.0489 e. The summed E-state index contributed by atoms with van der Waals surface area (Å²) in [4.78, 5) is 3.55. The number of fused-ring (bicyclic) bond motifs is 1. The van der Waals surface area contributed by atoms with Crippen LogP contribution in [0.3, 0.4) is 0 Å². The molecule has 2 aromatic rings. The Labute approximate surface area is 97.1 Å². The number of aryl methyl sites for hydroxylation is 1. The van der Waals surface area contributed by atoms with Gasteiger partial charge in [-0.1, -0.05) is 32.0 Å². The van der Waals surface area contributed by atoms with Crippen LogP contribution in [-0.4, -0.2) is 12.0 Å². The normalized spacial score (nSPS) is 11.6. The summed E-state index contributed by atoms with van der Waals surface area (Å²) in [6, 6.07) is 6.51. The second-order valence-electron chi connectivity index (χ2n) is 4.70. The number of aromatic amines is 1. The molecule has 86 valence electrons. The van der Waals surface area contributed by atoms with Gasteiger partial charge in [0.25, 0.3) is 0 Å². The molecule has 0 atom stereocenters. The fourth-order valence-electron chi connectivity index (χ4n) is 2.41. The number of aromatic nitrogens is 1. The van der Waals surface area contributed by atoms with Crippen LogP contribution < -0.4 is 5.32 Å². The minimum Gasteiger partial charge on any atom is -0.357 e. The lowest BCUT2D eigenvalue weighted by molar-refractivity contribution is 0.765. The minimum atomic E-state index is 0.555. The zero-order valence-electron chi connectivity index (χ0n) is 10.5. The highest BCUT2D eigenvalue weighted by Gasteiger charge is 2.14. The first-order chi connectivity index (χ1) is 7.65. The van der Waals surface area contributed by atoms with Gasteiger partial charge in [0.15, 0.2) is 0 Å². The van der Waals surface area contributed by atoms with Gasteiger partial charge in [-0.25, -0.2) is 0 Å². The Morgan fingerprint density at radius 3 is 2.69 bits per heavy atom. The average molecular weight is 216 g/mol. The molecule has 2 N–H and O–H groups in total. The second-order valence-corrected chi connectivity index (χ2v) is 4.70. The molecule has 2 nitrogen and oxygen atoms in total. The molecule has 0 unspecified atom stereocenters. The molecule has 0 spiro atoms. The van der Waals surface area contributed by atoms with Crippen molar-refractivity contribution in [2.75, 3.05) is 7.05 Å². The predicted octanol–water partition coefficient (Wildman–Crippen LogP) is 3.32. The number of benzene rings is 1. The lowest BCUT2D eigenvalue weighted by atomic mass is 9.98. The predicted molar refractivity (Wildman–Crippen MR) is 69.9 cm³/mol. The van der Waals surface area contributed by atoms with E-state index in [9.17, 15) is 0 Å². The first-order valence-corrected chi connectivity index (χ1v) is 5.89. The van der Waals surface area contributed by atoms with E-state index in [-0.39, 0.29) is 0 Å². The van der Waals surface area contributed by atoms with E-state index in [1.165, 1.54) is 27.7 Å². The largest absolute Gasteiger partial charge is 0.357 e. The number of H-pyrrole nitrogens is 1. The van der Waals surface area contributed by atoms with Crippen molar-refractivity contribution in [3.8, 4) is 0 Å². The van der Waals surface area contributed by atoms with Crippen molar-refractivity contribution in [3.05, 3.63) is 35.0 Å². The van der Waals surface area contributed by atoms with Crippen LogP contribution in [0.5, 0.6) is 0 Å². The molecule has 1 aromatic heterocycles. The maximum atomic E-state index is 3.55.